The number of aromatic nitrogens is 2. The van der Waals surface area contributed by atoms with E-state index in [9.17, 15) is 9.59 Å². The van der Waals surface area contributed by atoms with Gasteiger partial charge in [-0.3, -0.25) is 9.59 Å². The van der Waals surface area contributed by atoms with Gasteiger partial charge in [-0.2, -0.15) is 5.10 Å². The molecule has 0 atom stereocenters. The Bertz CT molecular complexity index is 1070. The number of nitrogens with zero attached hydrogens (tertiary/aromatic N) is 2. The fourth-order valence-corrected chi connectivity index (χ4v) is 3.97. The van der Waals surface area contributed by atoms with Crippen LogP contribution in [0.2, 0.25) is 0 Å². The van der Waals surface area contributed by atoms with Crippen molar-refractivity contribution < 1.29 is 9.53 Å². The lowest BCUT2D eigenvalue weighted by molar-refractivity contribution is -0.120. The number of amides is 1. The van der Waals surface area contributed by atoms with Crippen molar-refractivity contribution in [2.24, 2.45) is 0 Å². The van der Waals surface area contributed by atoms with Gasteiger partial charge >= 0.3 is 0 Å². The first-order valence-electron chi connectivity index (χ1n) is 10.1. The Labute approximate surface area is 169 Å². The number of nitrogens with one attached hydrogen (secondary N) is 1. The molecule has 3 aromatic rings. The van der Waals surface area contributed by atoms with E-state index in [0.29, 0.717) is 11.9 Å². The molecule has 1 heterocycles. The molecule has 1 saturated carbocycles. The Morgan fingerprint density at radius 3 is 2.48 bits per heavy atom. The van der Waals surface area contributed by atoms with Crippen LogP contribution in [0.5, 0.6) is 5.75 Å². The highest BCUT2D eigenvalue weighted by Crippen LogP contribution is 2.28. The molecule has 6 heteroatoms. The zero-order valence-corrected chi connectivity index (χ0v) is 16.6. The number of methoxy groups -OCH3 is 1. The molecule has 150 valence electrons. The third-order valence-electron chi connectivity index (χ3n) is 5.55. The van der Waals surface area contributed by atoms with Gasteiger partial charge in [-0.05, 0) is 36.6 Å². The summed E-state index contributed by atoms with van der Waals surface area (Å²) in [4.78, 5) is 25.3. The molecule has 0 bridgehead atoms. The lowest BCUT2D eigenvalue weighted by atomic mass is 10.1. The van der Waals surface area contributed by atoms with Crippen molar-refractivity contribution in [3.8, 4) is 5.75 Å². The first-order valence-corrected chi connectivity index (χ1v) is 10.1. The number of carbonyl (C=O) groups is 1. The number of carbonyl (C=O) groups excluding carboxylic acids is 1. The molecule has 0 saturated heterocycles. The summed E-state index contributed by atoms with van der Waals surface area (Å²) in [6.45, 7) is 0.294. The van der Waals surface area contributed by atoms with Crippen molar-refractivity contribution in [1.82, 2.24) is 15.1 Å². The maximum Gasteiger partial charge on any atom is 0.274 e. The number of hydrogen-bond acceptors (Lipinski definition) is 4. The van der Waals surface area contributed by atoms with E-state index in [2.05, 4.69) is 10.4 Å². The monoisotopic (exact) mass is 391 g/mol. The predicted molar refractivity (Wildman–Crippen MR) is 112 cm³/mol. The van der Waals surface area contributed by atoms with Crippen LogP contribution in [-0.2, 0) is 17.8 Å². The highest BCUT2D eigenvalue weighted by Gasteiger charge is 2.21. The van der Waals surface area contributed by atoms with Gasteiger partial charge in [0.1, 0.15) is 5.75 Å². The van der Waals surface area contributed by atoms with E-state index >= 15 is 0 Å². The predicted octanol–water partition coefficient (Wildman–Crippen LogP) is 3.38. The molecule has 1 fully saturated rings. The molecule has 1 N–H and O–H groups in total. The smallest absolute Gasteiger partial charge is 0.274 e. The second-order valence-electron chi connectivity index (χ2n) is 7.48. The number of benzene rings is 2. The minimum Gasteiger partial charge on any atom is -0.497 e. The maximum atomic E-state index is 12.9. The zero-order chi connectivity index (χ0) is 20.2. The Balaban J connectivity index is 1.54. The standard InChI is InChI=1S/C23H25N3O3/c1-29-18-12-10-16(11-13-18)14-22(27)24-15-21-19-8-4-5-9-20(19)23(28)26(25-21)17-6-2-3-7-17/h4-5,8-13,17H,2-3,6-7,14-15H2,1H3,(H,24,27). The zero-order valence-electron chi connectivity index (χ0n) is 16.6. The van der Waals surface area contributed by atoms with Crippen LogP contribution in [0.15, 0.2) is 53.3 Å². The van der Waals surface area contributed by atoms with E-state index in [-0.39, 0.29) is 23.9 Å². The summed E-state index contributed by atoms with van der Waals surface area (Å²) in [6, 6.07) is 15.1. The van der Waals surface area contributed by atoms with Gasteiger partial charge in [0.05, 0.1) is 37.2 Å². The van der Waals surface area contributed by atoms with Gasteiger partial charge < -0.3 is 10.1 Å². The topological polar surface area (TPSA) is 73.2 Å². The lowest BCUT2D eigenvalue weighted by Gasteiger charge is -2.16. The Kier molecular flexibility index (Phi) is 5.60. The van der Waals surface area contributed by atoms with Crippen molar-refractivity contribution in [1.29, 1.82) is 0 Å². The number of fused-ring (bicyclic) bond motifs is 1. The molecule has 1 amide bonds. The van der Waals surface area contributed by atoms with E-state index in [4.69, 9.17) is 4.74 Å². The molecule has 1 aromatic heterocycles. The number of hydrogen-bond donors (Lipinski definition) is 1. The maximum absolute atomic E-state index is 12.9. The van der Waals surface area contributed by atoms with Crippen LogP contribution in [0.4, 0.5) is 0 Å². The van der Waals surface area contributed by atoms with Gasteiger partial charge in [0, 0.05) is 5.39 Å². The summed E-state index contributed by atoms with van der Waals surface area (Å²) in [5.74, 6) is 0.679. The summed E-state index contributed by atoms with van der Waals surface area (Å²) in [5.41, 5.74) is 1.60. The van der Waals surface area contributed by atoms with Crippen molar-refractivity contribution in [2.75, 3.05) is 7.11 Å². The van der Waals surface area contributed by atoms with Gasteiger partial charge in [0.15, 0.2) is 0 Å². The normalized spacial score (nSPS) is 14.2. The molecular weight excluding hydrogens is 366 g/mol. The molecular formula is C23H25N3O3. The van der Waals surface area contributed by atoms with E-state index in [1.165, 1.54) is 0 Å². The minimum atomic E-state index is -0.0836. The average molecular weight is 391 g/mol. The Morgan fingerprint density at radius 2 is 1.79 bits per heavy atom. The summed E-state index contributed by atoms with van der Waals surface area (Å²) >= 11 is 0. The number of ether oxygens (including phenoxy) is 1. The van der Waals surface area contributed by atoms with Crippen LogP contribution in [0.3, 0.4) is 0 Å². The van der Waals surface area contributed by atoms with E-state index in [1.54, 1.807) is 11.8 Å². The largest absolute Gasteiger partial charge is 0.497 e. The quantitative estimate of drug-likeness (QED) is 0.699. The van der Waals surface area contributed by atoms with Crippen molar-refractivity contribution in [3.05, 3.63) is 70.1 Å². The van der Waals surface area contributed by atoms with E-state index in [0.717, 1.165) is 48.1 Å². The Hall–Kier alpha value is -3.15. The van der Waals surface area contributed by atoms with Crippen LogP contribution >= 0.6 is 0 Å². The summed E-state index contributed by atoms with van der Waals surface area (Å²) in [5, 5.41) is 9.08. The molecule has 29 heavy (non-hydrogen) atoms. The highest BCUT2D eigenvalue weighted by atomic mass is 16.5. The third kappa shape index (κ3) is 4.16. The lowest BCUT2D eigenvalue weighted by Crippen LogP contribution is -2.30. The molecule has 0 radical (unpaired) electrons. The third-order valence-corrected chi connectivity index (χ3v) is 5.55. The van der Waals surface area contributed by atoms with Crippen LogP contribution in [0.25, 0.3) is 10.8 Å². The summed E-state index contributed by atoms with van der Waals surface area (Å²) in [6.07, 6.45) is 4.49. The van der Waals surface area contributed by atoms with Gasteiger partial charge in [-0.15, -0.1) is 0 Å². The van der Waals surface area contributed by atoms with Gasteiger partial charge in [0.2, 0.25) is 5.91 Å². The summed E-state index contributed by atoms with van der Waals surface area (Å²) in [7, 11) is 1.62. The molecule has 4 rings (SSSR count). The van der Waals surface area contributed by atoms with Crippen molar-refractivity contribution in [3.63, 3.8) is 0 Å². The van der Waals surface area contributed by atoms with Crippen molar-refractivity contribution in [2.45, 2.75) is 44.7 Å². The van der Waals surface area contributed by atoms with Crippen LogP contribution < -0.4 is 15.6 Å². The molecule has 1 aliphatic rings. The molecule has 1 aliphatic carbocycles. The first kappa shape index (κ1) is 19.2. The van der Waals surface area contributed by atoms with Crippen LogP contribution in [0.1, 0.15) is 43.0 Å². The average Bonchev–Trinajstić information content (AvgIpc) is 3.29. The fourth-order valence-electron chi connectivity index (χ4n) is 3.97. The SMILES string of the molecule is COc1ccc(CC(=O)NCc2nn(C3CCCC3)c(=O)c3ccccc23)cc1. The highest BCUT2D eigenvalue weighted by molar-refractivity contribution is 5.84. The van der Waals surface area contributed by atoms with Crippen molar-refractivity contribution >= 4 is 16.7 Å². The van der Waals surface area contributed by atoms with Gasteiger partial charge in [0.25, 0.3) is 5.56 Å². The van der Waals surface area contributed by atoms with Gasteiger partial charge in [-0.25, -0.2) is 4.68 Å². The molecule has 0 spiro atoms. The van der Waals surface area contributed by atoms with Crippen LogP contribution in [0, 0.1) is 0 Å². The van der Waals surface area contributed by atoms with E-state index < -0.39 is 0 Å². The molecule has 6 nitrogen and oxygen atoms in total. The molecule has 0 aliphatic heterocycles. The van der Waals surface area contributed by atoms with Crippen LogP contribution in [-0.4, -0.2) is 22.8 Å². The molecule has 2 aromatic carbocycles. The number of rotatable bonds is 6. The second kappa shape index (κ2) is 8.47. The second-order valence-corrected chi connectivity index (χ2v) is 7.48. The minimum absolute atomic E-state index is 0.0409. The van der Waals surface area contributed by atoms with Gasteiger partial charge in [-0.1, -0.05) is 43.2 Å². The Morgan fingerprint density at radius 1 is 1.10 bits per heavy atom. The fraction of sp³-hybridized carbons (Fsp3) is 0.348. The summed E-state index contributed by atoms with van der Waals surface area (Å²) < 4.78 is 6.79. The van der Waals surface area contributed by atoms with E-state index in [1.807, 2.05) is 48.5 Å². The first-order chi connectivity index (χ1) is 14.2. The molecule has 0 unspecified atom stereocenters.